The van der Waals surface area contributed by atoms with Crippen LogP contribution in [0.15, 0.2) is 40.8 Å². The highest BCUT2D eigenvalue weighted by Crippen LogP contribution is 2.68. The quantitative estimate of drug-likeness (QED) is 0.151. The van der Waals surface area contributed by atoms with Gasteiger partial charge in [0.25, 0.3) is 5.19 Å². The van der Waals surface area contributed by atoms with Gasteiger partial charge in [-0.15, -0.1) is 0 Å². The Labute approximate surface area is 383 Å². The third-order valence-electron chi connectivity index (χ3n) is 18.0. The molecule has 1 aliphatic heterocycles. The lowest BCUT2D eigenvalue weighted by molar-refractivity contribution is -0.158. The highest BCUT2D eigenvalue weighted by molar-refractivity contribution is 7.91. The molecule has 10 nitrogen and oxygen atoms in total. The number of allylic oxidation sites excluding steroid dienone is 5. The summed E-state index contributed by atoms with van der Waals surface area (Å²) in [5.41, 5.74) is 4.10. The van der Waals surface area contributed by atoms with E-state index in [1.54, 1.807) is 12.3 Å². The molecule has 1 aromatic rings. The van der Waals surface area contributed by atoms with Crippen LogP contribution in [0.1, 0.15) is 149 Å². The van der Waals surface area contributed by atoms with Crippen LogP contribution in [0.2, 0.25) is 0 Å². The van der Waals surface area contributed by atoms with Gasteiger partial charge >= 0.3 is 11.9 Å². The van der Waals surface area contributed by atoms with E-state index >= 15 is 0 Å². The highest BCUT2D eigenvalue weighted by Gasteiger charge is 2.61. The van der Waals surface area contributed by atoms with Gasteiger partial charge in [0, 0.05) is 37.1 Å². The fourth-order valence-corrected chi connectivity index (χ4v) is 16.2. The van der Waals surface area contributed by atoms with Gasteiger partial charge in [0.05, 0.1) is 24.7 Å². The molecule has 12 heteroatoms. The van der Waals surface area contributed by atoms with E-state index in [0.717, 1.165) is 25.9 Å². The minimum absolute atomic E-state index is 0.0162. The number of rotatable bonds is 13. The Balaban J connectivity index is 1.08. The Hall–Kier alpha value is -2.54. The summed E-state index contributed by atoms with van der Waals surface area (Å²) in [5.74, 6) is 2.75. The first kappa shape index (κ1) is 48.4. The van der Waals surface area contributed by atoms with Gasteiger partial charge in [-0.25, -0.2) is 13.2 Å². The number of carbonyl (C=O) groups is 2. The molecule has 63 heavy (non-hydrogen) atoms. The number of nitrogens with one attached hydrogen (secondary N) is 1. The van der Waals surface area contributed by atoms with Gasteiger partial charge in [0.15, 0.2) is 15.5 Å². The normalized spacial score (nSPS) is 36.7. The lowest BCUT2D eigenvalue weighted by Gasteiger charge is -2.64. The van der Waals surface area contributed by atoms with Crippen molar-refractivity contribution in [2.75, 3.05) is 57.5 Å². The van der Waals surface area contributed by atoms with Gasteiger partial charge in [0.2, 0.25) is 0 Å². The molecule has 1 N–H and O–H groups in total. The number of hydrogen-bond acceptors (Lipinski definition) is 11. The van der Waals surface area contributed by atoms with E-state index in [9.17, 15) is 18.0 Å². The van der Waals surface area contributed by atoms with Crippen LogP contribution < -0.4 is 10.1 Å². The van der Waals surface area contributed by atoms with Crippen molar-refractivity contribution in [3.05, 3.63) is 46.5 Å². The Morgan fingerprint density at radius 2 is 1.65 bits per heavy atom. The number of thiazole rings is 1. The molecule has 9 atom stereocenters. The number of esters is 2. The van der Waals surface area contributed by atoms with Crippen molar-refractivity contribution in [1.29, 1.82) is 0 Å². The molecular weight excluding hydrogens is 831 g/mol. The minimum Gasteiger partial charge on any atom is -0.469 e. The predicted molar refractivity (Wildman–Crippen MR) is 253 cm³/mol. The fraction of sp³-hybridized carbons (Fsp3) is 0.784. The number of carbonyl (C=O) groups excluding carboxylic acids is 2. The van der Waals surface area contributed by atoms with Crippen molar-refractivity contribution in [3.63, 3.8) is 0 Å². The molecule has 6 aliphatic rings. The second kappa shape index (κ2) is 19.0. The maximum absolute atomic E-state index is 13.7. The van der Waals surface area contributed by atoms with E-state index in [1.165, 1.54) is 85.8 Å². The number of hydrogen-bond donors (Lipinski definition) is 1. The van der Waals surface area contributed by atoms with Crippen molar-refractivity contribution in [2.45, 2.75) is 144 Å². The second-order valence-corrected chi connectivity index (χ2v) is 24.8. The van der Waals surface area contributed by atoms with Crippen LogP contribution in [0.3, 0.4) is 0 Å². The summed E-state index contributed by atoms with van der Waals surface area (Å²) < 4.78 is 41.2. The van der Waals surface area contributed by atoms with E-state index in [4.69, 9.17) is 14.2 Å². The van der Waals surface area contributed by atoms with Gasteiger partial charge in [-0.2, -0.15) is 4.98 Å². The van der Waals surface area contributed by atoms with E-state index in [1.807, 2.05) is 6.92 Å². The van der Waals surface area contributed by atoms with Crippen molar-refractivity contribution in [2.24, 2.45) is 51.2 Å². The van der Waals surface area contributed by atoms with Gasteiger partial charge in [-0.1, -0.05) is 76.7 Å². The third kappa shape index (κ3) is 9.54. The largest absolute Gasteiger partial charge is 0.469 e. The van der Waals surface area contributed by atoms with Crippen LogP contribution >= 0.6 is 11.3 Å². The van der Waals surface area contributed by atoms with Crippen LogP contribution in [-0.4, -0.2) is 93.3 Å². The maximum atomic E-state index is 13.7. The first-order valence-electron chi connectivity index (χ1n) is 24.5. The van der Waals surface area contributed by atoms with Crippen molar-refractivity contribution in [3.8, 4) is 5.19 Å². The molecule has 5 aliphatic carbocycles. The highest BCUT2D eigenvalue weighted by atomic mass is 32.2. The van der Waals surface area contributed by atoms with Gasteiger partial charge in [0.1, 0.15) is 12.0 Å². The summed E-state index contributed by atoms with van der Waals surface area (Å²) in [7, 11) is -2.88. The Kier molecular flexibility index (Phi) is 14.6. The summed E-state index contributed by atoms with van der Waals surface area (Å²) >= 11 is 1.24. The molecule has 0 spiro atoms. The van der Waals surface area contributed by atoms with Crippen LogP contribution in [0.5, 0.6) is 5.19 Å². The number of nitrogens with zero attached hydrogens (tertiary/aromatic N) is 2. The molecule has 3 saturated carbocycles. The van der Waals surface area contributed by atoms with E-state index in [0.29, 0.717) is 67.3 Å². The smallest absolute Gasteiger partial charge is 0.357 e. The summed E-state index contributed by atoms with van der Waals surface area (Å²) in [6, 6.07) is 0. The molecule has 1 aromatic heterocycles. The molecule has 0 aromatic carbocycles. The summed E-state index contributed by atoms with van der Waals surface area (Å²) in [4.78, 5) is 32.6. The summed E-state index contributed by atoms with van der Waals surface area (Å²) in [6.07, 6.45) is 19.0. The second-order valence-electron chi connectivity index (χ2n) is 21.7. The van der Waals surface area contributed by atoms with E-state index in [-0.39, 0.29) is 58.2 Å². The zero-order chi connectivity index (χ0) is 45.4. The van der Waals surface area contributed by atoms with Crippen molar-refractivity contribution >= 4 is 33.1 Å². The predicted octanol–water partition coefficient (Wildman–Crippen LogP) is 10.0. The molecule has 0 amide bonds. The van der Waals surface area contributed by atoms with Gasteiger partial charge in [-0.3, -0.25) is 4.79 Å². The summed E-state index contributed by atoms with van der Waals surface area (Å²) in [6.45, 7) is 27.2. The van der Waals surface area contributed by atoms with Crippen LogP contribution in [0.4, 0.5) is 0 Å². The lowest BCUT2D eigenvalue weighted by atomic mass is 9.40. The maximum Gasteiger partial charge on any atom is 0.357 e. The first-order valence-corrected chi connectivity index (χ1v) is 27.2. The number of ether oxygens (including phenoxy) is 3. The lowest BCUT2D eigenvalue weighted by Crippen LogP contribution is -2.57. The number of sulfone groups is 1. The standard InChI is InChI=1S/C51H79N3O7S2/c1-10-59-44(55)41-33-62-46(53-41)61-34-50(45(56)60-11-2)23-16-37(17-24-50)39-19-21-49(9)42(47(39,6)7)20-22-48(8)36(5)15-25-51(52-27-28-54-29-31-63(57,58)32-30-54)26-18-38(35(3)4)40(51)13-12-14-43(48)49/h16,19,33,36,38,40,42-43,52H,3,10-15,17-18,20-32,34H2,1-2,4-9H3/t36-,38+,40?,42?,43?,48+,49+,50?,51-/m1/s1. The van der Waals surface area contributed by atoms with Gasteiger partial charge < -0.3 is 24.4 Å². The first-order chi connectivity index (χ1) is 29.8. The minimum atomic E-state index is -2.88. The zero-order valence-corrected chi connectivity index (χ0v) is 41.6. The molecular formula is C51H79N3O7S2. The molecule has 352 valence electrons. The molecule has 0 radical (unpaired) electrons. The van der Waals surface area contributed by atoms with E-state index in [2.05, 4.69) is 75.5 Å². The molecule has 2 heterocycles. The van der Waals surface area contributed by atoms with E-state index < -0.39 is 21.2 Å². The molecule has 1 saturated heterocycles. The molecule has 0 bridgehead atoms. The Morgan fingerprint density at radius 3 is 2.33 bits per heavy atom. The monoisotopic (exact) mass is 910 g/mol. The van der Waals surface area contributed by atoms with Crippen LogP contribution in [0.25, 0.3) is 0 Å². The van der Waals surface area contributed by atoms with Crippen LogP contribution in [0, 0.1) is 51.2 Å². The van der Waals surface area contributed by atoms with Crippen molar-refractivity contribution < 1.29 is 32.2 Å². The Morgan fingerprint density at radius 1 is 0.921 bits per heavy atom. The zero-order valence-electron chi connectivity index (χ0n) is 40.0. The number of aromatic nitrogens is 1. The topological polar surface area (TPSA) is 124 Å². The van der Waals surface area contributed by atoms with Gasteiger partial charge in [-0.05, 0) is 155 Å². The van der Waals surface area contributed by atoms with Crippen molar-refractivity contribution in [1.82, 2.24) is 15.2 Å². The molecule has 4 unspecified atom stereocenters. The number of fused-ring (bicyclic) bond motifs is 4. The average molecular weight is 910 g/mol. The summed E-state index contributed by atoms with van der Waals surface area (Å²) in [5, 5.41) is 6.21. The van der Waals surface area contributed by atoms with Crippen LogP contribution in [-0.2, 0) is 24.1 Å². The molecule has 7 rings (SSSR count). The molecule has 4 fully saturated rings. The average Bonchev–Trinajstić information content (AvgIpc) is 3.86. The SMILES string of the molecule is C=C(C)[C@@H]1CC[C@]2(NCCN3CCS(=O)(=O)CC3)CC[C@@H](C)[C@]3(C)CCC4C(C)(C)C(C5=CCC(COc6nc(C(=O)OCC)cs6)(C(=O)OCC)CC5)=CC[C@]4(C)C3CCCC12. The Bertz CT molecular complexity index is 2010. The third-order valence-corrected chi connectivity index (χ3v) is 20.4. The fourth-order valence-electron chi connectivity index (χ4n) is 14.3.